The molecule has 47 heavy (non-hydrogen) atoms. The lowest BCUT2D eigenvalue weighted by molar-refractivity contribution is -0.182. The first kappa shape index (κ1) is 33.9. The van der Waals surface area contributed by atoms with Crippen LogP contribution in [0.2, 0.25) is 0 Å². The van der Waals surface area contributed by atoms with Gasteiger partial charge in [0.1, 0.15) is 18.2 Å². The van der Waals surface area contributed by atoms with Crippen LogP contribution in [0.15, 0.2) is 0 Å². The highest BCUT2D eigenvalue weighted by Crippen LogP contribution is 2.74. The summed E-state index contributed by atoms with van der Waals surface area (Å²) in [5.74, 6) is 2.19. The van der Waals surface area contributed by atoms with E-state index in [0.29, 0.717) is 29.3 Å². The second-order valence-corrected chi connectivity index (χ2v) is 20.2. The molecule has 0 radical (unpaired) electrons. The molecule has 6 nitrogen and oxygen atoms in total. The summed E-state index contributed by atoms with van der Waals surface area (Å²) in [6.07, 6.45) is 18.4. The van der Waals surface area contributed by atoms with E-state index >= 15 is 0 Å². The molecule has 0 saturated heterocycles. The number of rotatable bonds is 3. The van der Waals surface area contributed by atoms with Crippen LogP contribution in [0.4, 0.5) is 0 Å². The second-order valence-electron chi connectivity index (χ2n) is 20.2. The van der Waals surface area contributed by atoms with Crippen molar-refractivity contribution in [3.05, 3.63) is 0 Å². The molecule has 4 unspecified atom stereocenters. The van der Waals surface area contributed by atoms with Gasteiger partial charge in [-0.1, -0.05) is 47.5 Å². The van der Waals surface area contributed by atoms with E-state index in [9.17, 15) is 29.4 Å². The first-order valence-electron chi connectivity index (χ1n) is 19.3. The van der Waals surface area contributed by atoms with Gasteiger partial charge in [0, 0.05) is 29.1 Å². The number of hydrogen-bond acceptors (Lipinski definition) is 5. The summed E-state index contributed by atoms with van der Waals surface area (Å²) in [5, 5.41) is 19.4. The molecule has 8 aliphatic rings. The van der Waals surface area contributed by atoms with Crippen molar-refractivity contribution in [1.82, 2.24) is 0 Å². The van der Waals surface area contributed by atoms with Crippen molar-refractivity contribution in [2.75, 3.05) is 6.61 Å². The Balaban J connectivity index is 0.000000150. The molecule has 8 rings (SSSR count). The Labute approximate surface area is 283 Å². The highest BCUT2D eigenvalue weighted by atomic mass is 16.4. The van der Waals surface area contributed by atoms with Crippen molar-refractivity contribution in [1.29, 1.82) is 0 Å². The number of aliphatic hydroxyl groups is 1. The number of carboxylic acid groups (broad SMARTS) is 1. The highest BCUT2D eigenvalue weighted by Gasteiger charge is 2.69. The zero-order valence-electron chi connectivity index (χ0n) is 30.3. The van der Waals surface area contributed by atoms with E-state index in [-0.39, 0.29) is 56.2 Å². The molecule has 0 aromatic carbocycles. The molecule has 262 valence electrons. The predicted molar refractivity (Wildman–Crippen MR) is 180 cm³/mol. The number of ketones is 3. The van der Waals surface area contributed by atoms with E-state index < -0.39 is 11.4 Å². The molecule has 4 bridgehead atoms. The Kier molecular flexibility index (Phi) is 7.56. The van der Waals surface area contributed by atoms with Crippen molar-refractivity contribution in [2.24, 2.45) is 67.0 Å². The normalized spacial score (nSPS) is 54.3. The number of carbonyl (C=O) groups excluding carboxylic acids is 3. The molecule has 0 heterocycles. The summed E-state index contributed by atoms with van der Waals surface area (Å²) >= 11 is 0. The molecule has 0 aliphatic heterocycles. The SMILES string of the molecule is C[C@@]12CCC3[C@@](CCC4[C@@]3(C)CCC[C@@]4(C)C(=O)CO)(CC1=O)C2.C[C@@]12CCC3[C@@](CCC4[C@@]3(C)CCC[C@@]4(C)C(=O)O)(CC1=O)C2. The summed E-state index contributed by atoms with van der Waals surface area (Å²) in [5.41, 5.74) is -0.437. The van der Waals surface area contributed by atoms with Crippen LogP contribution in [0.3, 0.4) is 0 Å². The van der Waals surface area contributed by atoms with Crippen LogP contribution < -0.4 is 0 Å². The van der Waals surface area contributed by atoms with E-state index in [4.69, 9.17) is 0 Å². The summed E-state index contributed by atoms with van der Waals surface area (Å²) in [7, 11) is 0. The molecule has 8 saturated carbocycles. The van der Waals surface area contributed by atoms with E-state index in [2.05, 4.69) is 34.6 Å². The van der Waals surface area contributed by atoms with Gasteiger partial charge in [0.05, 0.1) is 5.41 Å². The number of Topliss-reactive ketones (excluding diaryl/α,β-unsaturated/α-hetero) is 3. The third kappa shape index (κ3) is 4.43. The zero-order chi connectivity index (χ0) is 34.1. The van der Waals surface area contributed by atoms with E-state index in [1.165, 1.54) is 6.42 Å². The molecular formula is C41H62O6. The van der Waals surface area contributed by atoms with Crippen molar-refractivity contribution < 1.29 is 29.4 Å². The quantitative estimate of drug-likeness (QED) is 0.318. The van der Waals surface area contributed by atoms with Crippen LogP contribution in [0.25, 0.3) is 0 Å². The second kappa shape index (κ2) is 10.5. The smallest absolute Gasteiger partial charge is 0.309 e. The first-order valence-corrected chi connectivity index (χ1v) is 19.3. The average Bonchev–Trinajstić information content (AvgIpc) is 3.30. The number of carboxylic acids is 1. The van der Waals surface area contributed by atoms with Crippen molar-refractivity contribution in [2.45, 2.75) is 157 Å². The highest BCUT2D eigenvalue weighted by molar-refractivity contribution is 5.89. The van der Waals surface area contributed by atoms with Crippen LogP contribution in [0, 0.1) is 67.0 Å². The molecule has 8 fully saturated rings. The average molecular weight is 651 g/mol. The molecule has 12 atom stereocenters. The Bertz CT molecular complexity index is 1390. The van der Waals surface area contributed by atoms with E-state index in [1.807, 2.05) is 6.92 Å². The summed E-state index contributed by atoms with van der Waals surface area (Å²) in [4.78, 5) is 50.0. The lowest BCUT2D eigenvalue weighted by Crippen LogP contribution is -2.58. The minimum absolute atomic E-state index is 0.0394. The molecule has 2 spiro atoms. The van der Waals surface area contributed by atoms with Gasteiger partial charge in [-0.2, -0.15) is 0 Å². The Morgan fingerprint density at radius 3 is 1.43 bits per heavy atom. The maximum absolute atomic E-state index is 12.7. The van der Waals surface area contributed by atoms with Gasteiger partial charge < -0.3 is 10.2 Å². The third-order valence-electron chi connectivity index (χ3n) is 18.0. The van der Waals surface area contributed by atoms with Crippen LogP contribution in [-0.2, 0) is 19.2 Å². The van der Waals surface area contributed by atoms with E-state index in [1.54, 1.807) is 0 Å². The Morgan fingerprint density at radius 1 is 0.596 bits per heavy atom. The van der Waals surface area contributed by atoms with Gasteiger partial charge in [0.25, 0.3) is 0 Å². The number of hydrogen-bond donors (Lipinski definition) is 2. The van der Waals surface area contributed by atoms with Gasteiger partial charge in [0.2, 0.25) is 0 Å². The molecule has 0 aromatic rings. The standard InChI is InChI=1S/C21H32O3.C20H30O3/c1-18-9-5-15-19(2)7-4-8-20(3,17(24)12-22)14(19)6-10-21(15,13-18)11-16(18)23;1-17-9-5-14-18(2)7-4-8-19(3,16(22)23)13(18)6-10-20(14,12-17)11-15(17)21/h14-15,22H,4-13H2,1-3H3;13-14H,4-12H2,1-3H3,(H,22,23)/t14?,15?,18-,19+,20+,21-;13?,14?,17-,18+,19+,20-/m00/s1. The minimum Gasteiger partial charge on any atom is -0.481 e. The van der Waals surface area contributed by atoms with Crippen molar-refractivity contribution in [3.63, 3.8) is 0 Å². The first-order chi connectivity index (χ1) is 21.9. The Morgan fingerprint density at radius 2 is 1.00 bits per heavy atom. The lowest BCUT2D eigenvalue weighted by atomic mass is 9.40. The maximum atomic E-state index is 12.7. The lowest BCUT2D eigenvalue weighted by Gasteiger charge is -2.64. The topological polar surface area (TPSA) is 109 Å². The molecule has 0 aromatic heterocycles. The van der Waals surface area contributed by atoms with E-state index in [0.717, 1.165) is 109 Å². The zero-order valence-corrected chi connectivity index (χ0v) is 30.3. The van der Waals surface area contributed by atoms with Crippen LogP contribution in [0.5, 0.6) is 0 Å². The molecule has 6 heteroatoms. The largest absolute Gasteiger partial charge is 0.481 e. The fourth-order valence-corrected chi connectivity index (χ4v) is 15.8. The monoisotopic (exact) mass is 650 g/mol. The van der Waals surface area contributed by atoms with Gasteiger partial charge >= 0.3 is 5.97 Å². The van der Waals surface area contributed by atoms with Gasteiger partial charge in [-0.05, 0) is 142 Å². The summed E-state index contributed by atoms with van der Waals surface area (Å²) in [6.45, 7) is 12.9. The van der Waals surface area contributed by atoms with Gasteiger partial charge in [-0.3, -0.25) is 19.2 Å². The number of aliphatic hydroxyl groups excluding tert-OH is 1. The van der Waals surface area contributed by atoms with Crippen LogP contribution in [-0.4, -0.2) is 40.1 Å². The third-order valence-corrected chi connectivity index (χ3v) is 18.0. The summed E-state index contributed by atoms with van der Waals surface area (Å²) in [6, 6.07) is 0. The summed E-state index contributed by atoms with van der Waals surface area (Å²) < 4.78 is 0. The van der Waals surface area contributed by atoms with Crippen LogP contribution >= 0.6 is 0 Å². The Hall–Kier alpha value is -1.56. The van der Waals surface area contributed by atoms with Crippen LogP contribution in [0.1, 0.15) is 157 Å². The maximum Gasteiger partial charge on any atom is 0.309 e. The van der Waals surface area contributed by atoms with Crippen molar-refractivity contribution >= 4 is 23.3 Å². The number of carbonyl (C=O) groups is 4. The van der Waals surface area contributed by atoms with Crippen molar-refractivity contribution in [3.8, 4) is 0 Å². The molecule has 8 aliphatic carbocycles. The molecule has 0 amide bonds. The minimum atomic E-state index is -0.604. The molecule has 2 N–H and O–H groups in total. The fraction of sp³-hybridized carbons (Fsp3) is 0.902. The number of fused-ring (bicyclic) bond motifs is 6. The van der Waals surface area contributed by atoms with Gasteiger partial charge in [0.15, 0.2) is 5.78 Å². The van der Waals surface area contributed by atoms with Gasteiger partial charge in [-0.15, -0.1) is 0 Å². The predicted octanol–water partition coefficient (Wildman–Crippen LogP) is 8.36. The molecular weight excluding hydrogens is 588 g/mol. The fourth-order valence-electron chi connectivity index (χ4n) is 15.8. The van der Waals surface area contributed by atoms with Gasteiger partial charge in [-0.25, -0.2) is 0 Å². The number of aliphatic carboxylic acids is 1.